The van der Waals surface area contributed by atoms with Gasteiger partial charge < -0.3 is 0 Å². The van der Waals surface area contributed by atoms with Gasteiger partial charge in [0.1, 0.15) is 0 Å². The van der Waals surface area contributed by atoms with E-state index >= 15 is 0 Å². The highest BCUT2D eigenvalue weighted by Crippen LogP contribution is 2.48. The standard InChI is InChI=1S/C38H60/c1-12-15-33(17-14-13-16-27(2)31-20-22-36(6,7)29(4)25-31)38(10,11)34-18-19-35(28(3)24-34)32-21-23-37(8,9)30(5)26-32/h14-15,17-19,24,29-32H,2,12-13,16,20-23,25-26H2,1,3-11H3/b17-14-,33-15+. The molecule has 2 saturated carbocycles. The van der Waals surface area contributed by atoms with Gasteiger partial charge in [-0.3, -0.25) is 0 Å². The van der Waals surface area contributed by atoms with E-state index in [1.807, 2.05) is 0 Å². The highest BCUT2D eigenvalue weighted by molar-refractivity contribution is 5.44. The van der Waals surface area contributed by atoms with Gasteiger partial charge in [0.05, 0.1) is 0 Å². The molecule has 0 N–H and O–H groups in total. The maximum atomic E-state index is 4.53. The number of benzene rings is 1. The molecule has 1 aromatic carbocycles. The van der Waals surface area contributed by atoms with Gasteiger partial charge in [-0.1, -0.05) is 111 Å². The molecule has 2 aliphatic rings. The predicted octanol–water partition coefficient (Wildman–Crippen LogP) is 11.9. The fourth-order valence-electron chi connectivity index (χ4n) is 7.09. The number of hydrogen-bond acceptors (Lipinski definition) is 0. The van der Waals surface area contributed by atoms with Gasteiger partial charge in [-0.05, 0) is 121 Å². The second-order valence-corrected chi connectivity index (χ2v) is 15.1. The Morgan fingerprint density at radius 3 is 2.21 bits per heavy atom. The van der Waals surface area contributed by atoms with Crippen LogP contribution in [0, 0.1) is 35.5 Å². The monoisotopic (exact) mass is 516 g/mol. The number of allylic oxidation sites excluding steroid dienone is 5. The van der Waals surface area contributed by atoms with E-state index in [9.17, 15) is 0 Å². The zero-order valence-corrected chi connectivity index (χ0v) is 26.8. The second-order valence-electron chi connectivity index (χ2n) is 15.1. The van der Waals surface area contributed by atoms with Crippen LogP contribution >= 0.6 is 0 Å². The van der Waals surface area contributed by atoms with Crippen molar-refractivity contribution in [2.45, 2.75) is 138 Å². The Labute approximate surface area is 237 Å². The summed E-state index contributed by atoms with van der Waals surface area (Å²) in [6, 6.07) is 7.38. The Morgan fingerprint density at radius 2 is 1.63 bits per heavy atom. The lowest BCUT2D eigenvalue weighted by Gasteiger charge is -2.41. The van der Waals surface area contributed by atoms with E-state index in [1.165, 1.54) is 60.8 Å². The second kappa shape index (κ2) is 12.3. The first-order chi connectivity index (χ1) is 17.7. The van der Waals surface area contributed by atoms with Crippen LogP contribution in [0.4, 0.5) is 0 Å². The van der Waals surface area contributed by atoms with E-state index in [-0.39, 0.29) is 5.41 Å². The normalized spacial score (nSPS) is 28.0. The van der Waals surface area contributed by atoms with Crippen LogP contribution in [0.5, 0.6) is 0 Å². The van der Waals surface area contributed by atoms with Crippen molar-refractivity contribution < 1.29 is 0 Å². The smallest absolute Gasteiger partial charge is 0.0143 e. The minimum absolute atomic E-state index is 0.000951. The molecule has 0 radical (unpaired) electrons. The molecule has 2 aliphatic carbocycles. The maximum absolute atomic E-state index is 4.53. The number of rotatable bonds is 9. The highest BCUT2D eigenvalue weighted by Gasteiger charge is 2.35. The average Bonchev–Trinajstić information content (AvgIpc) is 2.84. The molecule has 212 valence electrons. The van der Waals surface area contributed by atoms with Crippen LogP contribution < -0.4 is 0 Å². The topological polar surface area (TPSA) is 0 Å². The third-order valence-electron chi connectivity index (χ3n) is 11.3. The largest absolute Gasteiger partial charge is 0.0996 e. The van der Waals surface area contributed by atoms with E-state index in [0.29, 0.717) is 22.7 Å². The summed E-state index contributed by atoms with van der Waals surface area (Å²) >= 11 is 0. The summed E-state index contributed by atoms with van der Waals surface area (Å²) in [5, 5.41) is 0. The zero-order chi connectivity index (χ0) is 28.3. The van der Waals surface area contributed by atoms with Gasteiger partial charge in [-0.15, -0.1) is 0 Å². The summed E-state index contributed by atoms with van der Waals surface area (Å²) in [6.45, 7) is 28.6. The van der Waals surface area contributed by atoms with Crippen molar-refractivity contribution in [3.8, 4) is 0 Å². The first kappa shape index (κ1) is 31.0. The van der Waals surface area contributed by atoms with Crippen molar-refractivity contribution >= 4 is 0 Å². The lowest BCUT2D eigenvalue weighted by Crippen LogP contribution is -2.30. The first-order valence-corrected chi connectivity index (χ1v) is 15.8. The van der Waals surface area contributed by atoms with Crippen LogP contribution in [0.3, 0.4) is 0 Å². The lowest BCUT2D eigenvalue weighted by molar-refractivity contribution is 0.124. The summed E-state index contributed by atoms with van der Waals surface area (Å²) in [5.74, 6) is 3.00. The quantitative estimate of drug-likeness (QED) is 0.226. The van der Waals surface area contributed by atoms with E-state index < -0.39 is 0 Å². The highest BCUT2D eigenvalue weighted by atomic mass is 14.4. The lowest BCUT2D eigenvalue weighted by atomic mass is 9.64. The van der Waals surface area contributed by atoms with E-state index in [0.717, 1.165) is 31.1 Å². The van der Waals surface area contributed by atoms with Gasteiger partial charge in [0.25, 0.3) is 0 Å². The molecule has 2 fully saturated rings. The summed E-state index contributed by atoms with van der Waals surface area (Å²) in [4.78, 5) is 0. The number of aryl methyl sites for hydroxylation is 1. The summed E-state index contributed by atoms with van der Waals surface area (Å²) in [6.07, 6.45) is 18.5. The third-order valence-corrected chi connectivity index (χ3v) is 11.3. The van der Waals surface area contributed by atoms with Crippen molar-refractivity contribution in [2.75, 3.05) is 0 Å². The SMILES string of the molecule is C=C(CC/C=C\C(=C/CC)C(C)(C)c1ccc(C2CCC(C)(C)C(C)C2)c(C)c1)C1CCC(C)(C)C(C)C1. The molecule has 0 heterocycles. The molecule has 0 aromatic heterocycles. The molecule has 4 atom stereocenters. The molecule has 4 unspecified atom stereocenters. The van der Waals surface area contributed by atoms with E-state index in [1.54, 1.807) is 5.56 Å². The molecule has 0 heteroatoms. The Balaban J connectivity index is 1.65. The van der Waals surface area contributed by atoms with Crippen LogP contribution in [0.15, 0.2) is 54.2 Å². The van der Waals surface area contributed by atoms with Gasteiger partial charge in [0.2, 0.25) is 0 Å². The molecule has 0 spiro atoms. The van der Waals surface area contributed by atoms with Gasteiger partial charge in [0, 0.05) is 5.41 Å². The molecule has 3 rings (SSSR count). The van der Waals surface area contributed by atoms with E-state index in [4.69, 9.17) is 0 Å². The molecule has 0 bridgehead atoms. The van der Waals surface area contributed by atoms with Crippen molar-refractivity contribution in [1.29, 1.82) is 0 Å². The minimum atomic E-state index is -0.000951. The van der Waals surface area contributed by atoms with Crippen LogP contribution in [-0.2, 0) is 5.41 Å². The third kappa shape index (κ3) is 7.14. The van der Waals surface area contributed by atoms with Crippen LogP contribution in [0.2, 0.25) is 0 Å². The molecular weight excluding hydrogens is 456 g/mol. The minimum Gasteiger partial charge on any atom is -0.0996 e. The molecule has 0 nitrogen and oxygen atoms in total. The summed E-state index contributed by atoms with van der Waals surface area (Å²) < 4.78 is 0. The van der Waals surface area contributed by atoms with Crippen molar-refractivity contribution in [3.63, 3.8) is 0 Å². The van der Waals surface area contributed by atoms with Gasteiger partial charge in [-0.2, -0.15) is 0 Å². The van der Waals surface area contributed by atoms with Gasteiger partial charge >= 0.3 is 0 Å². The number of hydrogen-bond donors (Lipinski definition) is 0. The maximum Gasteiger partial charge on any atom is 0.0143 e. The van der Waals surface area contributed by atoms with Crippen LogP contribution in [-0.4, -0.2) is 0 Å². The first-order valence-electron chi connectivity index (χ1n) is 15.8. The van der Waals surface area contributed by atoms with Crippen molar-refractivity contribution in [3.05, 3.63) is 70.8 Å². The fraction of sp³-hybridized carbons (Fsp3) is 0.684. The van der Waals surface area contributed by atoms with Crippen LogP contribution in [0.25, 0.3) is 0 Å². The molecule has 38 heavy (non-hydrogen) atoms. The molecule has 0 amide bonds. The average molecular weight is 517 g/mol. The molecule has 0 saturated heterocycles. The Morgan fingerprint density at radius 1 is 1.00 bits per heavy atom. The Kier molecular flexibility index (Phi) is 10.0. The zero-order valence-electron chi connectivity index (χ0n) is 26.8. The van der Waals surface area contributed by atoms with Crippen molar-refractivity contribution in [1.82, 2.24) is 0 Å². The molecule has 1 aromatic rings. The van der Waals surface area contributed by atoms with Crippen molar-refractivity contribution in [2.24, 2.45) is 28.6 Å². The summed E-state index contributed by atoms with van der Waals surface area (Å²) in [7, 11) is 0. The Bertz CT molecular complexity index is 1010. The van der Waals surface area contributed by atoms with Gasteiger partial charge in [-0.25, -0.2) is 0 Å². The summed E-state index contributed by atoms with van der Waals surface area (Å²) in [5.41, 5.74) is 8.40. The fourth-order valence-corrected chi connectivity index (χ4v) is 7.09. The van der Waals surface area contributed by atoms with Gasteiger partial charge in [0.15, 0.2) is 0 Å². The van der Waals surface area contributed by atoms with E-state index in [2.05, 4.69) is 112 Å². The Hall–Kier alpha value is -1.56. The van der Waals surface area contributed by atoms with Crippen LogP contribution in [0.1, 0.15) is 143 Å². The molecule has 0 aliphatic heterocycles. The molecular formula is C38H60. The predicted molar refractivity (Wildman–Crippen MR) is 170 cm³/mol.